The van der Waals surface area contributed by atoms with Crippen LogP contribution >= 0.6 is 11.3 Å². The van der Waals surface area contributed by atoms with Crippen molar-refractivity contribution in [1.82, 2.24) is 15.0 Å². The van der Waals surface area contributed by atoms with Crippen LogP contribution in [0.1, 0.15) is 11.4 Å². The number of rotatable bonds is 3. The summed E-state index contributed by atoms with van der Waals surface area (Å²) < 4.78 is 0. The Morgan fingerprint density at radius 1 is 1.14 bits per heavy atom. The highest BCUT2D eigenvalue weighted by Crippen LogP contribution is 2.25. The molecule has 0 aliphatic carbocycles. The summed E-state index contributed by atoms with van der Waals surface area (Å²) in [4.78, 5) is 17.9. The zero-order chi connectivity index (χ0) is 14.8. The van der Waals surface area contributed by atoms with Gasteiger partial charge in [0.15, 0.2) is 5.13 Å². The van der Waals surface area contributed by atoms with Gasteiger partial charge in [0, 0.05) is 43.3 Å². The van der Waals surface area contributed by atoms with Crippen LogP contribution in [0.15, 0.2) is 11.6 Å². The molecule has 112 valence electrons. The topological polar surface area (TPSA) is 83.2 Å². The predicted octanol–water partition coefficient (Wildman–Crippen LogP) is 1.16. The number of nitrogens with two attached hydrogens (primary N) is 1. The number of aromatic nitrogens is 3. The molecular weight excluding hydrogens is 286 g/mol. The molecule has 0 aromatic carbocycles. The maximum atomic E-state index is 5.53. The van der Waals surface area contributed by atoms with Crippen molar-refractivity contribution in [3.05, 3.63) is 23.0 Å². The normalized spacial score (nSPS) is 15.4. The van der Waals surface area contributed by atoms with E-state index in [0.717, 1.165) is 48.5 Å². The lowest BCUT2D eigenvalue weighted by Crippen LogP contribution is -2.47. The number of hydrogen-bond donors (Lipinski definition) is 2. The van der Waals surface area contributed by atoms with Crippen LogP contribution in [0.5, 0.6) is 0 Å². The third-order valence-corrected chi connectivity index (χ3v) is 4.47. The Kier molecular flexibility index (Phi) is 3.89. The van der Waals surface area contributed by atoms with Gasteiger partial charge in [-0.25, -0.2) is 20.8 Å². The molecule has 1 aliphatic rings. The first kappa shape index (κ1) is 14.0. The Balaban J connectivity index is 1.76. The lowest BCUT2D eigenvalue weighted by Gasteiger charge is -2.36. The monoisotopic (exact) mass is 305 g/mol. The molecule has 0 amide bonds. The molecule has 1 fully saturated rings. The lowest BCUT2D eigenvalue weighted by atomic mass is 10.2. The summed E-state index contributed by atoms with van der Waals surface area (Å²) in [5, 5.41) is 3.10. The van der Waals surface area contributed by atoms with E-state index in [1.165, 1.54) is 0 Å². The molecule has 21 heavy (non-hydrogen) atoms. The van der Waals surface area contributed by atoms with Gasteiger partial charge in [0.2, 0.25) is 0 Å². The number of nitrogens with zero attached hydrogens (tertiary/aromatic N) is 5. The third kappa shape index (κ3) is 2.77. The van der Waals surface area contributed by atoms with Crippen LogP contribution in [-0.4, -0.2) is 41.1 Å². The van der Waals surface area contributed by atoms with Crippen LogP contribution in [0.4, 0.5) is 16.8 Å². The smallest absolute Gasteiger partial charge is 0.185 e. The van der Waals surface area contributed by atoms with E-state index in [1.54, 1.807) is 11.3 Å². The quantitative estimate of drug-likeness (QED) is 0.650. The molecule has 3 heterocycles. The molecule has 8 heteroatoms. The van der Waals surface area contributed by atoms with Gasteiger partial charge in [-0.05, 0) is 13.8 Å². The number of nitrogens with one attached hydrogen (secondary N) is 1. The Hall–Kier alpha value is -1.93. The van der Waals surface area contributed by atoms with Gasteiger partial charge in [-0.15, -0.1) is 11.3 Å². The number of nitrogen functional groups attached to an aromatic ring is 1. The van der Waals surface area contributed by atoms with Crippen LogP contribution < -0.4 is 21.1 Å². The van der Waals surface area contributed by atoms with Gasteiger partial charge in [-0.3, -0.25) is 0 Å². The summed E-state index contributed by atoms with van der Waals surface area (Å²) in [5.41, 5.74) is 3.64. The minimum absolute atomic E-state index is 0.694. The van der Waals surface area contributed by atoms with Crippen molar-refractivity contribution in [3.63, 3.8) is 0 Å². The number of aryl methyl sites for hydroxylation is 1. The molecule has 2 aromatic rings. The number of piperazine rings is 1. The molecule has 0 unspecified atom stereocenters. The molecule has 0 atom stereocenters. The number of hydrogen-bond acceptors (Lipinski definition) is 8. The number of anilines is 3. The molecule has 7 nitrogen and oxygen atoms in total. The number of hydrazine groups is 1. The molecule has 1 saturated heterocycles. The maximum absolute atomic E-state index is 5.53. The zero-order valence-electron chi connectivity index (χ0n) is 12.2. The van der Waals surface area contributed by atoms with E-state index in [9.17, 15) is 0 Å². The van der Waals surface area contributed by atoms with Gasteiger partial charge in [0.05, 0.1) is 0 Å². The fourth-order valence-electron chi connectivity index (χ4n) is 2.54. The van der Waals surface area contributed by atoms with E-state index in [1.807, 2.05) is 25.4 Å². The van der Waals surface area contributed by atoms with E-state index in [2.05, 4.69) is 30.2 Å². The van der Waals surface area contributed by atoms with E-state index < -0.39 is 0 Å². The van der Waals surface area contributed by atoms with Gasteiger partial charge in [0.25, 0.3) is 0 Å². The number of thiazole rings is 1. The third-order valence-electron chi connectivity index (χ3n) is 3.64. The average molecular weight is 305 g/mol. The minimum Gasteiger partial charge on any atom is -0.353 e. The second-order valence-electron chi connectivity index (χ2n) is 5.00. The van der Waals surface area contributed by atoms with Crippen LogP contribution in [0.3, 0.4) is 0 Å². The zero-order valence-corrected chi connectivity index (χ0v) is 13.0. The molecule has 0 saturated carbocycles. The van der Waals surface area contributed by atoms with Gasteiger partial charge in [0.1, 0.15) is 17.5 Å². The molecule has 0 bridgehead atoms. The summed E-state index contributed by atoms with van der Waals surface area (Å²) in [5.74, 6) is 7.92. The minimum atomic E-state index is 0.694. The highest BCUT2D eigenvalue weighted by molar-refractivity contribution is 7.13. The van der Waals surface area contributed by atoms with E-state index >= 15 is 0 Å². The van der Waals surface area contributed by atoms with Crippen molar-refractivity contribution in [2.45, 2.75) is 13.8 Å². The molecule has 0 radical (unpaired) electrons. The van der Waals surface area contributed by atoms with Crippen molar-refractivity contribution >= 4 is 28.1 Å². The highest BCUT2D eigenvalue weighted by atomic mass is 32.1. The molecule has 3 rings (SSSR count). The second kappa shape index (κ2) is 5.82. The fraction of sp³-hybridized carbons (Fsp3) is 0.462. The van der Waals surface area contributed by atoms with Gasteiger partial charge in [-0.2, -0.15) is 0 Å². The van der Waals surface area contributed by atoms with Crippen molar-refractivity contribution < 1.29 is 0 Å². The second-order valence-corrected chi connectivity index (χ2v) is 5.87. The molecular formula is C13H19N7S. The summed E-state index contributed by atoms with van der Waals surface area (Å²) in [6, 6.07) is 0. The van der Waals surface area contributed by atoms with Crippen LogP contribution in [0.25, 0.3) is 0 Å². The van der Waals surface area contributed by atoms with E-state index in [-0.39, 0.29) is 0 Å². The first-order valence-electron chi connectivity index (χ1n) is 6.90. The van der Waals surface area contributed by atoms with Gasteiger partial charge < -0.3 is 15.2 Å². The summed E-state index contributed by atoms with van der Waals surface area (Å²) >= 11 is 1.68. The van der Waals surface area contributed by atoms with E-state index in [0.29, 0.717) is 5.82 Å². The fourth-order valence-corrected chi connectivity index (χ4v) is 3.24. The van der Waals surface area contributed by atoms with Gasteiger partial charge >= 0.3 is 0 Å². The van der Waals surface area contributed by atoms with Crippen LogP contribution in [0, 0.1) is 13.8 Å². The molecule has 2 aromatic heterocycles. The first-order valence-corrected chi connectivity index (χ1v) is 7.78. The Bertz CT molecular complexity index is 605. The lowest BCUT2D eigenvalue weighted by molar-refractivity contribution is 0.643. The Morgan fingerprint density at radius 3 is 2.48 bits per heavy atom. The van der Waals surface area contributed by atoms with Crippen molar-refractivity contribution in [1.29, 1.82) is 0 Å². The largest absolute Gasteiger partial charge is 0.353 e. The predicted molar refractivity (Wildman–Crippen MR) is 85.9 cm³/mol. The summed E-state index contributed by atoms with van der Waals surface area (Å²) in [7, 11) is 0. The average Bonchev–Trinajstić information content (AvgIpc) is 3.04. The Morgan fingerprint density at radius 2 is 1.86 bits per heavy atom. The molecule has 1 aliphatic heterocycles. The summed E-state index contributed by atoms with van der Waals surface area (Å²) in [6.07, 6.45) is 1.85. The SMILES string of the molecule is Cc1nc(NN)c(C)c(N2CCN(c3nccs3)CC2)n1. The first-order chi connectivity index (χ1) is 10.2. The molecule has 0 spiro atoms. The summed E-state index contributed by atoms with van der Waals surface area (Å²) in [6.45, 7) is 7.61. The van der Waals surface area contributed by atoms with Crippen LogP contribution in [0.2, 0.25) is 0 Å². The van der Waals surface area contributed by atoms with E-state index in [4.69, 9.17) is 5.84 Å². The van der Waals surface area contributed by atoms with Crippen LogP contribution in [-0.2, 0) is 0 Å². The Labute approximate surface area is 127 Å². The van der Waals surface area contributed by atoms with Crippen molar-refractivity contribution in [2.75, 3.05) is 41.4 Å². The van der Waals surface area contributed by atoms with Crippen molar-refractivity contribution in [3.8, 4) is 0 Å². The molecule has 3 N–H and O–H groups in total. The van der Waals surface area contributed by atoms with Gasteiger partial charge in [-0.1, -0.05) is 0 Å². The highest BCUT2D eigenvalue weighted by Gasteiger charge is 2.22. The van der Waals surface area contributed by atoms with Crippen molar-refractivity contribution in [2.24, 2.45) is 5.84 Å². The standard InChI is InChI=1S/C13H19N7S/c1-9-11(18-14)16-10(2)17-12(9)19-4-6-20(7-5-19)13-15-3-8-21-13/h3,8H,4-7,14H2,1-2H3,(H,16,17,18). The maximum Gasteiger partial charge on any atom is 0.185 e.